The molecule has 0 spiro atoms. The van der Waals surface area contributed by atoms with Crippen LogP contribution in [0.3, 0.4) is 0 Å². The monoisotopic (exact) mass is 212 g/mol. The maximum absolute atomic E-state index is 11.5. The second kappa shape index (κ2) is 4.93. The van der Waals surface area contributed by atoms with E-state index in [1.54, 1.807) is 13.1 Å². The summed E-state index contributed by atoms with van der Waals surface area (Å²) in [7, 11) is 0. The molecule has 1 N–H and O–H groups in total. The van der Waals surface area contributed by atoms with Gasteiger partial charge in [-0.05, 0) is 20.3 Å². The Bertz CT molecular complexity index is 433. The summed E-state index contributed by atoms with van der Waals surface area (Å²) < 4.78 is 6.68. The van der Waals surface area contributed by atoms with E-state index in [2.05, 4.69) is 4.98 Å². The summed E-state index contributed by atoms with van der Waals surface area (Å²) >= 11 is 0. The van der Waals surface area contributed by atoms with Crippen molar-refractivity contribution in [1.29, 1.82) is 0 Å². The van der Waals surface area contributed by atoms with E-state index < -0.39 is 5.69 Å². The molecule has 0 radical (unpaired) electrons. The number of hydrogen-bond donors (Lipinski definition) is 1. The van der Waals surface area contributed by atoms with E-state index >= 15 is 0 Å². The first-order valence-corrected chi connectivity index (χ1v) is 5.06. The molecule has 0 aliphatic rings. The molecule has 5 nitrogen and oxygen atoms in total. The minimum atomic E-state index is -0.432. The number of nitrogens with zero attached hydrogens (tertiary/aromatic N) is 1. The summed E-state index contributed by atoms with van der Waals surface area (Å²) in [4.78, 5) is 25.0. The number of H-pyrrole nitrogens is 1. The number of hydrogen-bond acceptors (Lipinski definition) is 3. The zero-order valence-electron chi connectivity index (χ0n) is 9.24. The summed E-state index contributed by atoms with van der Waals surface area (Å²) in [6.45, 7) is 6.01. The predicted molar refractivity (Wildman–Crippen MR) is 57.0 cm³/mol. The topological polar surface area (TPSA) is 64.1 Å². The summed E-state index contributed by atoms with van der Waals surface area (Å²) in [5.74, 6) is 0. The van der Waals surface area contributed by atoms with Crippen molar-refractivity contribution in [3.05, 3.63) is 32.6 Å². The third-order valence-corrected chi connectivity index (χ3v) is 2.22. The fraction of sp³-hybridized carbons (Fsp3) is 0.600. The summed E-state index contributed by atoms with van der Waals surface area (Å²) in [5, 5.41) is 0. The van der Waals surface area contributed by atoms with Crippen LogP contribution in [0, 0.1) is 0 Å². The molecule has 0 amide bonds. The zero-order valence-corrected chi connectivity index (χ0v) is 9.24. The fourth-order valence-corrected chi connectivity index (χ4v) is 1.37. The predicted octanol–water partition coefficient (Wildman–Crippen LogP) is 0.654. The minimum absolute atomic E-state index is 0.317. The molecule has 0 saturated carbocycles. The molecule has 1 heterocycles. The van der Waals surface area contributed by atoms with Crippen LogP contribution in [0.5, 0.6) is 0 Å². The van der Waals surface area contributed by atoms with Crippen LogP contribution in [0.2, 0.25) is 0 Å². The quantitative estimate of drug-likeness (QED) is 0.797. The number of ether oxygens (including phenoxy) is 1. The molecular weight excluding hydrogens is 196 g/mol. The highest BCUT2D eigenvalue weighted by Crippen LogP contribution is 2.03. The van der Waals surface area contributed by atoms with Crippen molar-refractivity contribution in [1.82, 2.24) is 9.55 Å². The van der Waals surface area contributed by atoms with Crippen molar-refractivity contribution in [2.45, 2.75) is 33.4 Å². The Morgan fingerprint density at radius 3 is 2.67 bits per heavy atom. The lowest BCUT2D eigenvalue weighted by molar-refractivity contribution is 0.0211. The molecule has 1 atom stereocenters. The minimum Gasteiger partial charge on any atom is -0.358 e. The molecule has 0 aliphatic carbocycles. The molecule has 0 bridgehead atoms. The molecule has 0 aliphatic heterocycles. The summed E-state index contributed by atoms with van der Waals surface area (Å²) in [5.41, 5.74) is -0.165. The van der Waals surface area contributed by atoms with Crippen molar-refractivity contribution >= 4 is 0 Å². The lowest BCUT2D eigenvalue weighted by Gasteiger charge is -2.14. The highest BCUT2D eigenvalue weighted by atomic mass is 16.5. The number of nitrogens with one attached hydrogen (secondary N) is 1. The fourth-order valence-electron chi connectivity index (χ4n) is 1.37. The Morgan fingerprint density at radius 2 is 2.13 bits per heavy atom. The first kappa shape index (κ1) is 11.7. The highest BCUT2D eigenvalue weighted by Gasteiger charge is 2.08. The number of rotatable bonds is 4. The van der Waals surface area contributed by atoms with Gasteiger partial charge in [-0.15, -0.1) is 0 Å². The van der Waals surface area contributed by atoms with Gasteiger partial charge in [-0.2, -0.15) is 0 Å². The van der Waals surface area contributed by atoms with E-state index in [0.29, 0.717) is 18.6 Å². The SMILES string of the molecule is CCOC(C)n1cc(CC)c(=O)[nH]c1=O. The molecule has 0 fully saturated rings. The summed E-state index contributed by atoms with van der Waals surface area (Å²) in [6.07, 6.45) is 1.79. The zero-order chi connectivity index (χ0) is 11.4. The standard InChI is InChI=1S/C10H16N2O3/c1-4-8-6-12(7(3)15-5-2)10(14)11-9(8)13/h6-7H,4-5H2,1-3H3,(H,11,13,14). The van der Waals surface area contributed by atoms with Gasteiger partial charge in [0.25, 0.3) is 5.56 Å². The third kappa shape index (κ3) is 2.56. The van der Waals surface area contributed by atoms with Gasteiger partial charge in [0, 0.05) is 18.4 Å². The molecule has 15 heavy (non-hydrogen) atoms. The summed E-state index contributed by atoms with van der Waals surface area (Å²) in [6, 6.07) is 0. The average Bonchev–Trinajstić information content (AvgIpc) is 2.18. The van der Waals surface area contributed by atoms with Crippen LogP contribution in [-0.4, -0.2) is 16.2 Å². The molecule has 1 aromatic rings. The van der Waals surface area contributed by atoms with Crippen LogP contribution >= 0.6 is 0 Å². The van der Waals surface area contributed by atoms with Crippen LogP contribution in [-0.2, 0) is 11.2 Å². The maximum atomic E-state index is 11.5. The average molecular weight is 212 g/mol. The smallest absolute Gasteiger partial charge is 0.330 e. The van der Waals surface area contributed by atoms with Crippen LogP contribution < -0.4 is 11.2 Å². The van der Waals surface area contributed by atoms with Crippen molar-refractivity contribution in [3.8, 4) is 0 Å². The molecule has 1 rings (SSSR count). The van der Waals surface area contributed by atoms with Crippen molar-refractivity contribution in [2.75, 3.05) is 6.61 Å². The van der Waals surface area contributed by atoms with Crippen LogP contribution in [0.25, 0.3) is 0 Å². The van der Waals surface area contributed by atoms with Crippen LogP contribution in [0.4, 0.5) is 0 Å². The number of aromatic nitrogens is 2. The van der Waals surface area contributed by atoms with E-state index in [1.807, 2.05) is 13.8 Å². The Hall–Kier alpha value is -1.36. The van der Waals surface area contributed by atoms with E-state index in [-0.39, 0.29) is 11.8 Å². The van der Waals surface area contributed by atoms with Gasteiger partial charge in [0.15, 0.2) is 0 Å². The Labute approximate surface area is 87.7 Å². The van der Waals surface area contributed by atoms with E-state index in [0.717, 1.165) is 0 Å². The van der Waals surface area contributed by atoms with Crippen molar-refractivity contribution in [3.63, 3.8) is 0 Å². The number of aryl methyl sites for hydroxylation is 1. The van der Waals surface area contributed by atoms with Gasteiger partial charge in [0.1, 0.15) is 6.23 Å². The van der Waals surface area contributed by atoms with E-state index in [9.17, 15) is 9.59 Å². The van der Waals surface area contributed by atoms with Gasteiger partial charge in [0.05, 0.1) is 0 Å². The third-order valence-electron chi connectivity index (χ3n) is 2.22. The van der Waals surface area contributed by atoms with Gasteiger partial charge in [-0.1, -0.05) is 6.92 Å². The van der Waals surface area contributed by atoms with Gasteiger partial charge in [-0.25, -0.2) is 4.79 Å². The largest absolute Gasteiger partial charge is 0.358 e. The van der Waals surface area contributed by atoms with Gasteiger partial charge >= 0.3 is 5.69 Å². The van der Waals surface area contributed by atoms with Gasteiger partial charge < -0.3 is 4.74 Å². The molecule has 1 unspecified atom stereocenters. The highest BCUT2D eigenvalue weighted by molar-refractivity contribution is 5.04. The van der Waals surface area contributed by atoms with Gasteiger partial charge in [-0.3, -0.25) is 14.3 Å². The van der Waals surface area contributed by atoms with Crippen LogP contribution in [0.1, 0.15) is 32.6 Å². The Kier molecular flexibility index (Phi) is 3.85. The molecule has 0 saturated heterocycles. The van der Waals surface area contributed by atoms with Crippen LogP contribution in [0.15, 0.2) is 15.8 Å². The molecule has 0 aromatic carbocycles. The van der Waals surface area contributed by atoms with E-state index in [4.69, 9.17) is 4.74 Å². The molecule has 1 aromatic heterocycles. The van der Waals surface area contributed by atoms with E-state index in [1.165, 1.54) is 4.57 Å². The second-order valence-corrected chi connectivity index (χ2v) is 3.23. The normalized spacial score (nSPS) is 12.7. The lowest BCUT2D eigenvalue weighted by Crippen LogP contribution is -2.33. The van der Waals surface area contributed by atoms with Crippen molar-refractivity contribution in [2.24, 2.45) is 0 Å². The maximum Gasteiger partial charge on any atom is 0.330 e. The second-order valence-electron chi connectivity index (χ2n) is 3.23. The lowest BCUT2D eigenvalue weighted by atomic mass is 10.2. The molecular formula is C10H16N2O3. The Morgan fingerprint density at radius 1 is 1.47 bits per heavy atom. The first-order chi connectivity index (χ1) is 7.10. The number of aromatic amines is 1. The van der Waals surface area contributed by atoms with Crippen molar-refractivity contribution < 1.29 is 4.74 Å². The van der Waals surface area contributed by atoms with Gasteiger partial charge in [0.2, 0.25) is 0 Å². The Balaban J connectivity index is 3.18. The first-order valence-electron chi connectivity index (χ1n) is 5.06. The molecule has 5 heteroatoms. The molecule has 84 valence electrons.